The Hall–Kier alpha value is -3.28. The number of carbonyl (C=O) groups excluding carboxylic acids is 1. The minimum atomic E-state index is 0.0102. The number of hydrogen-bond donors (Lipinski definition) is 1. The summed E-state index contributed by atoms with van der Waals surface area (Å²) >= 11 is 0. The number of nitrogens with one attached hydrogen (secondary N) is 1. The van der Waals surface area contributed by atoms with Crippen molar-refractivity contribution in [1.82, 2.24) is 14.9 Å². The molecule has 0 aliphatic carbocycles. The molecule has 0 unspecified atom stereocenters. The number of benzene rings is 2. The van der Waals surface area contributed by atoms with Gasteiger partial charge in [0.25, 0.3) is 0 Å². The SMILES string of the molecule is COc1ccc(OC)c(CCC(=O)NCCc2nccn2Cc2ccccc2)c1. The Morgan fingerprint density at radius 3 is 2.66 bits per heavy atom. The van der Waals surface area contributed by atoms with Gasteiger partial charge < -0.3 is 19.4 Å². The Labute approximate surface area is 171 Å². The Kier molecular flexibility index (Phi) is 7.28. The molecule has 0 aliphatic heterocycles. The molecule has 0 spiro atoms. The number of amides is 1. The average Bonchev–Trinajstić information content (AvgIpc) is 3.19. The van der Waals surface area contributed by atoms with Gasteiger partial charge >= 0.3 is 0 Å². The van der Waals surface area contributed by atoms with Gasteiger partial charge in [-0.3, -0.25) is 4.79 Å². The van der Waals surface area contributed by atoms with E-state index in [-0.39, 0.29) is 5.91 Å². The quantitative estimate of drug-likeness (QED) is 0.574. The Bertz CT molecular complexity index is 922. The van der Waals surface area contributed by atoms with Crippen molar-refractivity contribution in [2.24, 2.45) is 0 Å². The van der Waals surface area contributed by atoms with Crippen LogP contribution in [0.1, 0.15) is 23.4 Å². The third-order valence-electron chi connectivity index (χ3n) is 4.78. The fourth-order valence-corrected chi connectivity index (χ4v) is 3.22. The second-order valence-electron chi connectivity index (χ2n) is 6.73. The fourth-order valence-electron chi connectivity index (χ4n) is 3.22. The van der Waals surface area contributed by atoms with E-state index in [1.807, 2.05) is 42.6 Å². The highest BCUT2D eigenvalue weighted by Gasteiger charge is 2.09. The molecule has 0 saturated carbocycles. The van der Waals surface area contributed by atoms with Crippen molar-refractivity contribution >= 4 is 5.91 Å². The highest BCUT2D eigenvalue weighted by molar-refractivity contribution is 5.76. The van der Waals surface area contributed by atoms with Crippen molar-refractivity contribution in [3.8, 4) is 11.5 Å². The Morgan fingerprint density at radius 1 is 1.07 bits per heavy atom. The number of rotatable bonds is 10. The zero-order chi connectivity index (χ0) is 20.5. The van der Waals surface area contributed by atoms with Crippen LogP contribution in [-0.2, 0) is 24.2 Å². The number of aryl methyl sites for hydroxylation is 1. The molecule has 0 fully saturated rings. The predicted molar refractivity (Wildman–Crippen MR) is 112 cm³/mol. The molecule has 6 heteroatoms. The van der Waals surface area contributed by atoms with Crippen LogP contribution < -0.4 is 14.8 Å². The second kappa shape index (κ2) is 10.3. The lowest BCUT2D eigenvalue weighted by Crippen LogP contribution is -2.26. The standard InChI is InChI=1S/C23H27N3O3/c1-28-20-9-10-21(29-2)19(16-20)8-11-23(27)25-13-12-22-24-14-15-26(22)17-18-6-4-3-5-7-18/h3-7,9-10,14-16H,8,11-13,17H2,1-2H3,(H,25,27). The van der Waals surface area contributed by atoms with Crippen molar-refractivity contribution in [1.29, 1.82) is 0 Å². The number of aromatic nitrogens is 2. The molecule has 0 radical (unpaired) electrons. The normalized spacial score (nSPS) is 10.6. The number of methoxy groups -OCH3 is 2. The van der Waals surface area contributed by atoms with Gasteiger partial charge in [0.1, 0.15) is 17.3 Å². The smallest absolute Gasteiger partial charge is 0.220 e. The van der Waals surface area contributed by atoms with E-state index in [9.17, 15) is 4.79 Å². The number of ether oxygens (including phenoxy) is 2. The van der Waals surface area contributed by atoms with E-state index in [1.54, 1.807) is 20.4 Å². The molecule has 0 bridgehead atoms. The first kappa shape index (κ1) is 20.5. The van der Waals surface area contributed by atoms with E-state index < -0.39 is 0 Å². The number of carbonyl (C=O) groups is 1. The van der Waals surface area contributed by atoms with Crippen LogP contribution in [0.15, 0.2) is 60.9 Å². The van der Waals surface area contributed by atoms with Gasteiger partial charge in [-0.05, 0) is 35.7 Å². The van der Waals surface area contributed by atoms with Crippen molar-refractivity contribution in [2.45, 2.75) is 25.8 Å². The monoisotopic (exact) mass is 393 g/mol. The zero-order valence-corrected chi connectivity index (χ0v) is 16.9. The summed E-state index contributed by atoms with van der Waals surface area (Å²) in [6.45, 7) is 1.33. The molecule has 0 saturated heterocycles. The number of hydrogen-bond acceptors (Lipinski definition) is 4. The Morgan fingerprint density at radius 2 is 1.90 bits per heavy atom. The van der Waals surface area contributed by atoms with Crippen LogP contribution in [-0.4, -0.2) is 36.2 Å². The summed E-state index contributed by atoms with van der Waals surface area (Å²) in [6.07, 6.45) is 5.44. The third kappa shape index (κ3) is 5.85. The molecular weight excluding hydrogens is 366 g/mol. The minimum absolute atomic E-state index is 0.0102. The molecular formula is C23H27N3O3. The van der Waals surface area contributed by atoms with Crippen molar-refractivity contribution < 1.29 is 14.3 Å². The highest BCUT2D eigenvalue weighted by Crippen LogP contribution is 2.25. The maximum absolute atomic E-state index is 12.3. The van der Waals surface area contributed by atoms with Gasteiger partial charge in [-0.2, -0.15) is 0 Å². The van der Waals surface area contributed by atoms with Crippen LogP contribution in [0.2, 0.25) is 0 Å². The molecule has 1 heterocycles. The minimum Gasteiger partial charge on any atom is -0.497 e. The van der Waals surface area contributed by atoms with Gasteiger partial charge in [-0.25, -0.2) is 4.98 Å². The number of nitrogens with zero attached hydrogens (tertiary/aromatic N) is 2. The van der Waals surface area contributed by atoms with E-state index in [0.29, 0.717) is 25.8 Å². The predicted octanol–water partition coefficient (Wildman–Crippen LogP) is 3.24. The van der Waals surface area contributed by atoms with E-state index in [0.717, 1.165) is 29.4 Å². The molecule has 152 valence electrons. The van der Waals surface area contributed by atoms with Crippen LogP contribution >= 0.6 is 0 Å². The maximum Gasteiger partial charge on any atom is 0.220 e. The molecule has 2 aromatic carbocycles. The van der Waals surface area contributed by atoms with Gasteiger partial charge in [0.05, 0.1) is 14.2 Å². The Balaban J connectivity index is 1.47. The molecule has 3 rings (SSSR count). The summed E-state index contributed by atoms with van der Waals surface area (Å²) in [5.74, 6) is 2.49. The molecule has 1 N–H and O–H groups in total. The van der Waals surface area contributed by atoms with E-state index in [2.05, 4.69) is 27.0 Å². The first-order chi connectivity index (χ1) is 14.2. The average molecular weight is 393 g/mol. The van der Waals surface area contributed by atoms with E-state index in [4.69, 9.17) is 9.47 Å². The largest absolute Gasteiger partial charge is 0.497 e. The highest BCUT2D eigenvalue weighted by atomic mass is 16.5. The third-order valence-corrected chi connectivity index (χ3v) is 4.78. The summed E-state index contributed by atoms with van der Waals surface area (Å²) in [5.41, 5.74) is 2.18. The summed E-state index contributed by atoms with van der Waals surface area (Å²) in [7, 11) is 3.25. The van der Waals surface area contributed by atoms with Crippen LogP contribution in [0.5, 0.6) is 11.5 Å². The first-order valence-electron chi connectivity index (χ1n) is 9.71. The zero-order valence-electron chi connectivity index (χ0n) is 16.9. The lowest BCUT2D eigenvalue weighted by molar-refractivity contribution is -0.121. The lowest BCUT2D eigenvalue weighted by Gasteiger charge is -2.11. The summed E-state index contributed by atoms with van der Waals surface area (Å²) < 4.78 is 12.7. The van der Waals surface area contributed by atoms with Crippen LogP contribution in [0.4, 0.5) is 0 Å². The van der Waals surface area contributed by atoms with Gasteiger partial charge in [0.2, 0.25) is 5.91 Å². The van der Waals surface area contributed by atoms with Crippen molar-refractivity contribution in [3.63, 3.8) is 0 Å². The van der Waals surface area contributed by atoms with Gasteiger partial charge in [0.15, 0.2) is 0 Å². The maximum atomic E-state index is 12.3. The summed E-state index contributed by atoms with van der Waals surface area (Å²) in [5, 5.41) is 2.98. The molecule has 0 atom stereocenters. The molecule has 1 amide bonds. The van der Waals surface area contributed by atoms with Crippen molar-refractivity contribution in [3.05, 3.63) is 77.9 Å². The molecule has 1 aromatic heterocycles. The van der Waals surface area contributed by atoms with Gasteiger partial charge in [0, 0.05) is 38.3 Å². The first-order valence-corrected chi connectivity index (χ1v) is 9.71. The van der Waals surface area contributed by atoms with Gasteiger partial charge in [-0.15, -0.1) is 0 Å². The summed E-state index contributed by atoms with van der Waals surface area (Å²) in [4.78, 5) is 16.7. The van der Waals surface area contributed by atoms with Crippen molar-refractivity contribution in [2.75, 3.05) is 20.8 Å². The lowest BCUT2D eigenvalue weighted by atomic mass is 10.1. The molecule has 6 nitrogen and oxygen atoms in total. The van der Waals surface area contributed by atoms with Crippen LogP contribution in [0, 0.1) is 0 Å². The molecule has 0 aliphatic rings. The van der Waals surface area contributed by atoms with Gasteiger partial charge in [-0.1, -0.05) is 30.3 Å². The van der Waals surface area contributed by atoms with E-state index >= 15 is 0 Å². The van der Waals surface area contributed by atoms with Crippen LogP contribution in [0.25, 0.3) is 0 Å². The topological polar surface area (TPSA) is 65.4 Å². The fraction of sp³-hybridized carbons (Fsp3) is 0.304. The summed E-state index contributed by atoms with van der Waals surface area (Å²) in [6, 6.07) is 15.9. The molecule has 29 heavy (non-hydrogen) atoms. The van der Waals surface area contributed by atoms with E-state index in [1.165, 1.54) is 5.56 Å². The van der Waals surface area contributed by atoms with Crippen LogP contribution in [0.3, 0.4) is 0 Å². The molecule has 3 aromatic rings. The number of imidazole rings is 1. The second-order valence-corrected chi connectivity index (χ2v) is 6.73.